The standard InChI is InChI=1S/C66H119N2O6P/c1-6-8-10-12-14-16-18-20-22-24-26-28-29-30-31-32-33-34-35-36-37-38-40-41-43-45-47-49-51-53-55-57-59-65(69)64(63-74-75(71,72)73-62-61-68(3,4)5)67-66(70)60-58-56-54-52-50-48-46-44-42-39-27-25-23-21-19-17-15-13-11-9-7-2/h9,11,15,17,21,23,27,39,44,46,49-52,57,59,64-65,69H,6-8,10,12-14,16,18-20,22,24-26,28-38,40-43,45,47-48,53-56,58,60-63H2,1-5H3,(H-,67,70,71,72)/b11-9-,17-15-,23-21-,39-27-,46-44-,51-49+,52-50-,59-57+. The number of rotatable bonds is 56. The number of phosphoric ester groups is 1. The van der Waals surface area contributed by atoms with Gasteiger partial charge in [0.25, 0.3) is 7.82 Å². The number of carbonyl (C=O) groups is 1. The van der Waals surface area contributed by atoms with Crippen molar-refractivity contribution < 1.29 is 32.9 Å². The summed E-state index contributed by atoms with van der Waals surface area (Å²) in [5, 5.41) is 13.9. The van der Waals surface area contributed by atoms with Crippen molar-refractivity contribution in [1.29, 1.82) is 0 Å². The van der Waals surface area contributed by atoms with Gasteiger partial charge in [-0.1, -0.05) is 272 Å². The van der Waals surface area contributed by atoms with Gasteiger partial charge in [-0.2, -0.15) is 0 Å². The maximum Gasteiger partial charge on any atom is 0.268 e. The molecule has 0 aliphatic carbocycles. The number of amides is 1. The van der Waals surface area contributed by atoms with E-state index in [-0.39, 0.29) is 18.9 Å². The van der Waals surface area contributed by atoms with Gasteiger partial charge in [-0.25, -0.2) is 0 Å². The smallest absolute Gasteiger partial charge is 0.268 e. The number of quaternary nitrogens is 1. The van der Waals surface area contributed by atoms with Crippen molar-refractivity contribution in [3.05, 3.63) is 97.2 Å². The largest absolute Gasteiger partial charge is 0.756 e. The predicted octanol–water partition coefficient (Wildman–Crippen LogP) is 18.7. The molecule has 0 spiro atoms. The Labute approximate surface area is 464 Å². The molecule has 8 nitrogen and oxygen atoms in total. The second-order valence-electron chi connectivity index (χ2n) is 22.0. The first-order valence-electron chi connectivity index (χ1n) is 31.1. The molecule has 0 radical (unpaired) electrons. The third-order valence-electron chi connectivity index (χ3n) is 13.5. The highest BCUT2D eigenvalue weighted by Crippen LogP contribution is 2.38. The maximum absolute atomic E-state index is 13.0. The normalized spacial score (nSPS) is 14.5. The van der Waals surface area contributed by atoms with E-state index in [1.807, 2.05) is 27.2 Å². The highest BCUT2D eigenvalue weighted by atomic mass is 31.2. The lowest BCUT2D eigenvalue weighted by molar-refractivity contribution is -0.870. The van der Waals surface area contributed by atoms with Crippen molar-refractivity contribution >= 4 is 13.7 Å². The summed E-state index contributed by atoms with van der Waals surface area (Å²) in [4.78, 5) is 25.5. The number of nitrogens with one attached hydrogen (secondary N) is 1. The summed E-state index contributed by atoms with van der Waals surface area (Å²) < 4.78 is 23.3. The molecular formula is C66H119N2O6P. The lowest BCUT2D eigenvalue weighted by Gasteiger charge is -2.29. The quantitative estimate of drug-likeness (QED) is 0.0272. The zero-order valence-corrected chi connectivity index (χ0v) is 50.4. The number of carbonyl (C=O) groups excluding carboxylic acids is 1. The Hall–Kier alpha value is -2.58. The van der Waals surface area contributed by atoms with Gasteiger partial charge in [0, 0.05) is 6.42 Å². The van der Waals surface area contributed by atoms with Gasteiger partial charge in [0.2, 0.25) is 5.91 Å². The number of nitrogens with zero attached hydrogens (tertiary/aromatic N) is 1. The van der Waals surface area contributed by atoms with Crippen molar-refractivity contribution in [2.24, 2.45) is 0 Å². The summed E-state index contributed by atoms with van der Waals surface area (Å²) in [6, 6.07) is -0.935. The van der Waals surface area contributed by atoms with Crippen LogP contribution in [0.2, 0.25) is 0 Å². The van der Waals surface area contributed by atoms with Crippen LogP contribution in [0.25, 0.3) is 0 Å². The molecule has 0 aromatic carbocycles. The Bertz CT molecular complexity index is 1540. The van der Waals surface area contributed by atoms with Gasteiger partial charge >= 0.3 is 0 Å². The second-order valence-corrected chi connectivity index (χ2v) is 23.4. The summed E-state index contributed by atoms with van der Waals surface area (Å²) in [5.74, 6) is -0.250. The Kier molecular flexibility index (Phi) is 54.2. The topological polar surface area (TPSA) is 108 Å². The third kappa shape index (κ3) is 58.9. The molecule has 434 valence electrons. The van der Waals surface area contributed by atoms with Crippen molar-refractivity contribution in [3.63, 3.8) is 0 Å². The van der Waals surface area contributed by atoms with Crippen LogP contribution < -0.4 is 10.2 Å². The van der Waals surface area contributed by atoms with E-state index in [1.165, 1.54) is 167 Å². The van der Waals surface area contributed by atoms with E-state index < -0.39 is 26.6 Å². The van der Waals surface area contributed by atoms with Gasteiger partial charge in [0.15, 0.2) is 0 Å². The molecule has 0 bridgehead atoms. The summed E-state index contributed by atoms with van der Waals surface area (Å²) in [7, 11) is 1.20. The fraction of sp³-hybridized carbons (Fsp3) is 0.742. The molecule has 0 fully saturated rings. The molecule has 1 amide bonds. The Balaban J connectivity index is 4.23. The number of aliphatic hydroxyl groups excluding tert-OH is 1. The molecule has 0 rings (SSSR count). The third-order valence-corrected chi connectivity index (χ3v) is 14.5. The number of aliphatic hydroxyl groups is 1. The van der Waals surface area contributed by atoms with Crippen LogP contribution in [0.3, 0.4) is 0 Å². The minimum atomic E-state index is -4.63. The van der Waals surface area contributed by atoms with Crippen LogP contribution in [0.15, 0.2) is 97.2 Å². The van der Waals surface area contributed by atoms with Crippen molar-refractivity contribution in [2.45, 2.75) is 276 Å². The Morgan fingerprint density at radius 2 is 0.827 bits per heavy atom. The number of unbranched alkanes of at least 4 members (excludes halogenated alkanes) is 29. The van der Waals surface area contributed by atoms with E-state index in [1.54, 1.807) is 6.08 Å². The van der Waals surface area contributed by atoms with Gasteiger partial charge in [-0.05, 0) is 83.5 Å². The van der Waals surface area contributed by atoms with E-state index in [4.69, 9.17) is 9.05 Å². The van der Waals surface area contributed by atoms with E-state index in [9.17, 15) is 19.4 Å². The van der Waals surface area contributed by atoms with Gasteiger partial charge in [-0.3, -0.25) is 9.36 Å². The zero-order valence-electron chi connectivity index (χ0n) is 49.5. The molecule has 0 aromatic rings. The molecule has 0 aliphatic rings. The Morgan fingerprint density at radius 3 is 1.24 bits per heavy atom. The summed E-state index contributed by atoms with van der Waals surface area (Å²) in [5.41, 5.74) is 0. The molecular weight excluding hydrogens is 948 g/mol. The van der Waals surface area contributed by atoms with E-state index in [2.05, 4.69) is 104 Å². The van der Waals surface area contributed by atoms with Crippen LogP contribution in [-0.4, -0.2) is 68.5 Å². The van der Waals surface area contributed by atoms with E-state index >= 15 is 0 Å². The molecule has 0 aromatic heterocycles. The van der Waals surface area contributed by atoms with Crippen LogP contribution in [0.1, 0.15) is 264 Å². The van der Waals surface area contributed by atoms with Crippen LogP contribution >= 0.6 is 7.82 Å². The molecule has 2 N–H and O–H groups in total. The first kappa shape index (κ1) is 72.4. The first-order chi connectivity index (χ1) is 36.5. The van der Waals surface area contributed by atoms with Crippen LogP contribution in [0.4, 0.5) is 0 Å². The molecule has 9 heteroatoms. The van der Waals surface area contributed by atoms with Gasteiger partial charge in [-0.15, -0.1) is 0 Å². The SMILES string of the molecule is CC/C=C\C/C=C\C/C=C\C/C=C\C/C=C\C/C=C\CCCCC(=O)NC(COP(=O)([O-])OCC[N+](C)(C)C)C(O)/C=C/CC/C=C/CCCCCCCCCCCCCCCCCCCCCCCCCCCC. The highest BCUT2D eigenvalue weighted by molar-refractivity contribution is 7.45. The predicted molar refractivity (Wildman–Crippen MR) is 325 cm³/mol. The highest BCUT2D eigenvalue weighted by Gasteiger charge is 2.23. The van der Waals surface area contributed by atoms with Gasteiger partial charge in [0.1, 0.15) is 13.2 Å². The maximum atomic E-state index is 13.0. The van der Waals surface area contributed by atoms with Gasteiger partial charge < -0.3 is 28.8 Å². The monoisotopic (exact) mass is 1070 g/mol. The fourth-order valence-electron chi connectivity index (χ4n) is 8.70. The summed E-state index contributed by atoms with van der Waals surface area (Å²) in [6.07, 6.45) is 80.9. The van der Waals surface area contributed by atoms with Crippen LogP contribution in [0, 0.1) is 0 Å². The van der Waals surface area contributed by atoms with Crippen molar-refractivity contribution in [1.82, 2.24) is 5.32 Å². The average molecular weight is 1070 g/mol. The minimum Gasteiger partial charge on any atom is -0.756 e. The van der Waals surface area contributed by atoms with E-state index in [0.717, 1.165) is 70.6 Å². The lowest BCUT2D eigenvalue weighted by atomic mass is 10.0. The lowest BCUT2D eigenvalue weighted by Crippen LogP contribution is -2.45. The summed E-state index contributed by atoms with van der Waals surface area (Å²) >= 11 is 0. The molecule has 0 saturated carbocycles. The molecule has 75 heavy (non-hydrogen) atoms. The summed E-state index contributed by atoms with van der Waals surface area (Å²) in [6.45, 7) is 4.49. The molecule has 3 atom stereocenters. The molecule has 0 saturated heterocycles. The first-order valence-corrected chi connectivity index (χ1v) is 32.6. The number of allylic oxidation sites excluding steroid dienone is 15. The van der Waals surface area contributed by atoms with Crippen molar-refractivity contribution in [3.8, 4) is 0 Å². The average Bonchev–Trinajstić information content (AvgIpc) is 3.37. The molecule has 0 heterocycles. The number of phosphoric acid groups is 1. The molecule has 3 unspecified atom stereocenters. The van der Waals surface area contributed by atoms with E-state index in [0.29, 0.717) is 17.4 Å². The number of likely N-dealkylation sites (N-methyl/N-ethyl adjacent to an activating group) is 1. The second kappa shape index (κ2) is 56.2. The van der Waals surface area contributed by atoms with Gasteiger partial charge in [0.05, 0.1) is 39.9 Å². The van der Waals surface area contributed by atoms with Crippen LogP contribution in [-0.2, 0) is 18.4 Å². The number of hydrogen-bond donors (Lipinski definition) is 2. The van der Waals surface area contributed by atoms with Crippen molar-refractivity contribution in [2.75, 3.05) is 40.9 Å². The fourth-order valence-corrected chi connectivity index (χ4v) is 9.43. The minimum absolute atomic E-state index is 0.0201. The molecule has 0 aliphatic heterocycles. The zero-order chi connectivity index (χ0) is 54.9. The number of hydrogen-bond acceptors (Lipinski definition) is 6. The van der Waals surface area contributed by atoms with Crippen LogP contribution in [0.5, 0.6) is 0 Å². The Morgan fingerprint density at radius 1 is 0.480 bits per heavy atom.